The number of aromatic nitrogens is 1. The van der Waals surface area contributed by atoms with Gasteiger partial charge in [-0.1, -0.05) is 0 Å². The molecule has 1 aromatic carbocycles. The lowest BCUT2D eigenvalue weighted by atomic mass is 10.2. The number of Topliss-reactive ketones (excluding diaryl/α,β-unsaturated/α-hetero) is 1. The van der Waals surface area contributed by atoms with Gasteiger partial charge in [-0.3, -0.25) is 9.52 Å². The summed E-state index contributed by atoms with van der Waals surface area (Å²) in [7, 11) is -3.98. The van der Waals surface area contributed by atoms with Crippen molar-refractivity contribution in [1.82, 2.24) is 4.98 Å². The minimum atomic E-state index is -3.98. The van der Waals surface area contributed by atoms with Crippen molar-refractivity contribution in [2.24, 2.45) is 0 Å². The van der Waals surface area contributed by atoms with Crippen LogP contribution in [0.2, 0.25) is 0 Å². The fourth-order valence-electron chi connectivity index (χ4n) is 1.52. The first-order valence-electron chi connectivity index (χ1n) is 5.62. The van der Waals surface area contributed by atoms with Gasteiger partial charge in [0.1, 0.15) is 16.7 Å². The van der Waals surface area contributed by atoms with Gasteiger partial charge in [0.2, 0.25) is 0 Å². The van der Waals surface area contributed by atoms with E-state index in [4.69, 9.17) is 11.0 Å². The highest BCUT2D eigenvalue weighted by molar-refractivity contribution is 7.93. The Balaban J connectivity index is 2.38. The number of ketones is 1. The Labute approximate surface area is 125 Å². The summed E-state index contributed by atoms with van der Waals surface area (Å²) in [6.45, 7) is 1.33. The lowest BCUT2D eigenvalue weighted by Crippen LogP contribution is -2.14. The first-order chi connectivity index (χ1) is 9.83. The highest BCUT2D eigenvalue weighted by Gasteiger charge is 2.20. The number of anilines is 2. The van der Waals surface area contributed by atoms with E-state index in [-0.39, 0.29) is 27.1 Å². The molecule has 0 bridgehead atoms. The average molecular weight is 322 g/mol. The Morgan fingerprint density at radius 2 is 2.19 bits per heavy atom. The summed E-state index contributed by atoms with van der Waals surface area (Å²) in [6.07, 6.45) is 0. The lowest BCUT2D eigenvalue weighted by molar-refractivity contribution is 0.101. The predicted octanol–water partition coefficient (Wildman–Crippen LogP) is 1.60. The number of nitrogens with one attached hydrogen (secondary N) is 1. The van der Waals surface area contributed by atoms with Gasteiger partial charge in [-0.15, -0.1) is 11.3 Å². The van der Waals surface area contributed by atoms with Crippen LogP contribution in [0.1, 0.15) is 23.0 Å². The Morgan fingerprint density at radius 1 is 1.48 bits per heavy atom. The summed E-state index contributed by atoms with van der Waals surface area (Å²) in [6, 6.07) is 5.69. The minimum Gasteiger partial charge on any atom is -0.399 e. The summed E-state index contributed by atoms with van der Waals surface area (Å²) < 4.78 is 26.7. The van der Waals surface area contributed by atoms with Crippen LogP contribution in [0.3, 0.4) is 0 Å². The summed E-state index contributed by atoms with van der Waals surface area (Å²) in [5, 5.41) is 10.5. The third-order valence-electron chi connectivity index (χ3n) is 2.50. The third-order valence-corrected chi connectivity index (χ3v) is 4.78. The van der Waals surface area contributed by atoms with Crippen molar-refractivity contribution >= 4 is 38.0 Å². The van der Waals surface area contributed by atoms with Crippen molar-refractivity contribution in [1.29, 1.82) is 5.26 Å². The molecule has 0 spiro atoms. The van der Waals surface area contributed by atoms with Crippen LogP contribution < -0.4 is 10.5 Å². The molecule has 0 fully saturated rings. The molecule has 1 heterocycles. The molecule has 0 saturated carbocycles. The molecule has 0 aliphatic carbocycles. The lowest BCUT2D eigenvalue weighted by Gasteiger charge is -2.07. The third kappa shape index (κ3) is 3.18. The fourth-order valence-corrected chi connectivity index (χ4v) is 3.66. The molecule has 3 N–H and O–H groups in total. The van der Waals surface area contributed by atoms with Gasteiger partial charge in [0.15, 0.2) is 10.9 Å². The number of sulfonamides is 1. The molecular formula is C12H10N4O3S2. The number of nitrogens with zero attached hydrogens (tertiary/aromatic N) is 2. The molecule has 21 heavy (non-hydrogen) atoms. The highest BCUT2D eigenvalue weighted by atomic mass is 32.2. The van der Waals surface area contributed by atoms with Crippen molar-refractivity contribution in [2.45, 2.75) is 11.8 Å². The van der Waals surface area contributed by atoms with Crippen LogP contribution in [-0.4, -0.2) is 19.2 Å². The number of thiazole rings is 1. The monoisotopic (exact) mass is 322 g/mol. The van der Waals surface area contributed by atoms with E-state index in [1.807, 2.05) is 0 Å². The van der Waals surface area contributed by atoms with Crippen LogP contribution in [-0.2, 0) is 10.0 Å². The molecule has 0 atom stereocenters. The Morgan fingerprint density at radius 3 is 2.76 bits per heavy atom. The van der Waals surface area contributed by atoms with Gasteiger partial charge in [0, 0.05) is 18.0 Å². The number of carbonyl (C=O) groups is 1. The van der Waals surface area contributed by atoms with Gasteiger partial charge >= 0.3 is 0 Å². The molecule has 9 heteroatoms. The number of rotatable bonds is 4. The predicted molar refractivity (Wildman–Crippen MR) is 78.5 cm³/mol. The van der Waals surface area contributed by atoms with E-state index in [0.717, 1.165) is 11.3 Å². The topological polar surface area (TPSA) is 126 Å². The Bertz CT molecular complexity index is 850. The van der Waals surface area contributed by atoms with Crippen LogP contribution in [0.4, 0.5) is 10.8 Å². The largest absolute Gasteiger partial charge is 0.399 e. The van der Waals surface area contributed by atoms with Crippen molar-refractivity contribution in [3.63, 3.8) is 0 Å². The second kappa shape index (κ2) is 5.51. The maximum Gasteiger partial charge on any atom is 0.264 e. The summed E-state index contributed by atoms with van der Waals surface area (Å²) in [4.78, 5) is 14.8. The van der Waals surface area contributed by atoms with E-state index in [1.54, 1.807) is 6.07 Å². The van der Waals surface area contributed by atoms with E-state index >= 15 is 0 Å². The summed E-state index contributed by atoms with van der Waals surface area (Å²) >= 11 is 0.986. The zero-order valence-corrected chi connectivity index (χ0v) is 12.5. The van der Waals surface area contributed by atoms with E-state index in [0.29, 0.717) is 5.69 Å². The van der Waals surface area contributed by atoms with Gasteiger partial charge in [-0.2, -0.15) is 5.26 Å². The first-order valence-corrected chi connectivity index (χ1v) is 7.98. The van der Waals surface area contributed by atoms with Gasteiger partial charge in [-0.05, 0) is 18.2 Å². The van der Waals surface area contributed by atoms with Crippen LogP contribution in [0, 0.1) is 11.3 Å². The Hall–Kier alpha value is -2.44. The quantitative estimate of drug-likeness (QED) is 0.650. The van der Waals surface area contributed by atoms with E-state index in [2.05, 4.69) is 9.71 Å². The fraction of sp³-hybridized carbons (Fsp3) is 0.0833. The zero-order valence-electron chi connectivity index (χ0n) is 10.8. The van der Waals surface area contributed by atoms with Gasteiger partial charge in [0.05, 0.1) is 5.56 Å². The van der Waals surface area contributed by atoms with E-state index < -0.39 is 10.0 Å². The number of nitrogen functional groups attached to an aromatic ring is 1. The molecule has 108 valence electrons. The van der Waals surface area contributed by atoms with Crippen LogP contribution in [0.5, 0.6) is 0 Å². The number of nitrogens with two attached hydrogens (primary N) is 1. The van der Waals surface area contributed by atoms with Gasteiger partial charge < -0.3 is 5.73 Å². The molecule has 2 rings (SSSR count). The van der Waals surface area contributed by atoms with Crippen molar-refractivity contribution in [3.8, 4) is 6.07 Å². The second-order valence-electron chi connectivity index (χ2n) is 4.07. The van der Waals surface area contributed by atoms with Crippen molar-refractivity contribution in [2.75, 3.05) is 10.5 Å². The first kappa shape index (κ1) is 15.0. The molecule has 0 amide bonds. The molecule has 1 aromatic heterocycles. The molecule has 0 unspecified atom stereocenters. The normalized spacial score (nSPS) is 10.9. The molecule has 2 aromatic rings. The zero-order chi connectivity index (χ0) is 15.6. The summed E-state index contributed by atoms with van der Waals surface area (Å²) in [5.41, 5.74) is 5.92. The average Bonchev–Trinajstić information content (AvgIpc) is 2.86. The molecule has 0 aliphatic rings. The maximum atomic E-state index is 12.3. The number of hydrogen-bond acceptors (Lipinski definition) is 7. The second-order valence-corrected chi connectivity index (χ2v) is 6.58. The van der Waals surface area contributed by atoms with Crippen LogP contribution in [0.15, 0.2) is 28.5 Å². The van der Waals surface area contributed by atoms with Gasteiger partial charge in [-0.25, -0.2) is 13.4 Å². The molecule has 0 radical (unpaired) electrons. The maximum absolute atomic E-state index is 12.3. The smallest absolute Gasteiger partial charge is 0.264 e. The number of carbonyl (C=O) groups excluding carboxylic acids is 1. The van der Waals surface area contributed by atoms with E-state index in [1.165, 1.54) is 30.5 Å². The minimum absolute atomic E-state index is 0.0564. The SMILES string of the molecule is CC(=O)c1csc(NS(=O)(=O)c2ccc(N)cc2C#N)n1. The van der Waals surface area contributed by atoms with Crippen molar-refractivity contribution < 1.29 is 13.2 Å². The Kier molecular flexibility index (Phi) is 3.93. The highest BCUT2D eigenvalue weighted by Crippen LogP contribution is 2.23. The molecule has 0 aliphatic heterocycles. The van der Waals surface area contributed by atoms with Crippen molar-refractivity contribution in [3.05, 3.63) is 34.8 Å². The van der Waals surface area contributed by atoms with Gasteiger partial charge in [0.25, 0.3) is 10.0 Å². The number of benzene rings is 1. The van der Waals surface area contributed by atoms with Crippen LogP contribution >= 0.6 is 11.3 Å². The molecule has 0 saturated heterocycles. The van der Waals surface area contributed by atoms with Crippen LogP contribution in [0.25, 0.3) is 0 Å². The van der Waals surface area contributed by atoms with E-state index in [9.17, 15) is 13.2 Å². The molecular weight excluding hydrogens is 312 g/mol. The standard InChI is InChI=1S/C12H10N4O3S2/c1-7(17)10-6-20-12(15-10)16-21(18,19)11-3-2-9(14)4-8(11)5-13/h2-4,6H,14H2,1H3,(H,15,16). The number of hydrogen-bond donors (Lipinski definition) is 2. The summed E-state index contributed by atoms with van der Waals surface area (Å²) in [5.74, 6) is -0.262. The molecule has 7 nitrogen and oxygen atoms in total. The number of nitriles is 1.